The highest BCUT2D eigenvalue weighted by molar-refractivity contribution is 6.38. The van der Waals surface area contributed by atoms with Crippen molar-refractivity contribution in [3.05, 3.63) is 35.9 Å². The van der Waals surface area contributed by atoms with Crippen molar-refractivity contribution < 1.29 is 43.0 Å². The third kappa shape index (κ3) is 13.9. The summed E-state index contributed by atoms with van der Waals surface area (Å²) in [6.07, 6.45) is 3.78. The van der Waals surface area contributed by atoms with Gasteiger partial charge in [-0.15, -0.1) is 0 Å². The summed E-state index contributed by atoms with van der Waals surface area (Å²) in [5, 5.41) is 10.5. The molecule has 1 heterocycles. The van der Waals surface area contributed by atoms with Crippen LogP contribution in [0.15, 0.2) is 30.3 Å². The Kier molecular flexibility index (Phi) is 17.1. The Bertz CT molecular complexity index is 1490. The van der Waals surface area contributed by atoms with Crippen molar-refractivity contribution in [2.24, 2.45) is 11.8 Å². The van der Waals surface area contributed by atoms with Crippen LogP contribution in [0.25, 0.3) is 0 Å². The average molecular weight is 771 g/mol. The van der Waals surface area contributed by atoms with Gasteiger partial charge in [-0.05, 0) is 57.4 Å². The Morgan fingerprint density at radius 2 is 1.58 bits per heavy atom. The van der Waals surface area contributed by atoms with Crippen molar-refractivity contribution in [1.29, 1.82) is 0 Å². The molecule has 1 aliphatic carbocycles. The fraction of sp³-hybridized carbons (Fsp3) is 0.675. The van der Waals surface area contributed by atoms with Gasteiger partial charge < -0.3 is 40.5 Å². The fourth-order valence-electron chi connectivity index (χ4n) is 6.95. The molecule has 1 aromatic rings. The van der Waals surface area contributed by atoms with Crippen LogP contribution in [0.5, 0.6) is 0 Å². The molecule has 0 radical (unpaired) electrons. The van der Waals surface area contributed by atoms with E-state index in [4.69, 9.17) is 9.47 Å². The molecule has 4 N–H and O–H groups in total. The van der Waals surface area contributed by atoms with E-state index in [0.29, 0.717) is 12.0 Å². The molecule has 1 aliphatic heterocycles. The Balaban J connectivity index is 1.76. The molecule has 1 saturated carbocycles. The van der Waals surface area contributed by atoms with Gasteiger partial charge in [0.1, 0.15) is 18.1 Å². The van der Waals surface area contributed by atoms with Gasteiger partial charge in [0, 0.05) is 27.1 Å². The molecule has 3 rings (SSSR count). The topological polar surface area (TPSA) is 193 Å². The van der Waals surface area contributed by atoms with Gasteiger partial charge in [-0.2, -0.15) is 0 Å². The first-order valence-corrected chi connectivity index (χ1v) is 19.5. The first-order chi connectivity index (χ1) is 25.9. The molecule has 5 atom stereocenters. The number of rotatable bonds is 17. The number of benzene rings is 1. The highest BCUT2D eigenvalue weighted by Gasteiger charge is 2.46. The van der Waals surface area contributed by atoms with Crippen LogP contribution in [0.2, 0.25) is 0 Å². The third-order valence-electron chi connectivity index (χ3n) is 9.55. The number of hydrogen-bond donors (Lipinski definition) is 4. The van der Waals surface area contributed by atoms with E-state index in [-0.39, 0.29) is 43.7 Å². The van der Waals surface area contributed by atoms with Crippen molar-refractivity contribution in [3.63, 3.8) is 0 Å². The lowest BCUT2D eigenvalue weighted by molar-refractivity contribution is -0.143. The Morgan fingerprint density at radius 3 is 2.16 bits per heavy atom. The van der Waals surface area contributed by atoms with E-state index >= 15 is 0 Å². The van der Waals surface area contributed by atoms with E-state index in [2.05, 4.69) is 21.3 Å². The van der Waals surface area contributed by atoms with Crippen LogP contribution >= 0.6 is 0 Å². The number of amides is 6. The normalized spacial score (nSPS) is 19.1. The predicted octanol–water partition coefficient (Wildman–Crippen LogP) is 3.02. The van der Waals surface area contributed by atoms with E-state index in [0.717, 1.165) is 32.1 Å². The van der Waals surface area contributed by atoms with Crippen molar-refractivity contribution >= 4 is 41.4 Å². The Morgan fingerprint density at radius 1 is 0.927 bits per heavy atom. The van der Waals surface area contributed by atoms with Gasteiger partial charge in [-0.25, -0.2) is 4.79 Å². The second kappa shape index (κ2) is 21.0. The summed E-state index contributed by atoms with van der Waals surface area (Å²) in [4.78, 5) is 96.4. The van der Waals surface area contributed by atoms with E-state index in [9.17, 15) is 33.6 Å². The molecule has 1 aromatic carbocycles. The standard InChI is InChI=1S/C40H62N6O9/c1-9-16-29(34(48)36(50)41-22-31(47)43-32(37(51)45(7)8)26-17-12-10-13-18-26)42-35(49)30-21-28(55-40(4,5)6)23-46(30)38(52)33(27-19-14-11-15-20-27)44-39(53)54-24-25(2)3/h10,12-13,17-18,25,27-30,32-33H,9,11,14-16,19-24H2,1-8H3,(H,41,50)(H,42,49)(H,43,47)(H,44,53). The van der Waals surface area contributed by atoms with Crippen LogP contribution in [-0.2, 0) is 38.2 Å². The van der Waals surface area contributed by atoms with E-state index in [1.54, 1.807) is 51.4 Å². The summed E-state index contributed by atoms with van der Waals surface area (Å²) in [7, 11) is 3.12. The van der Waals surface area contributed by atoms with Crippen molar-refractivity contribution in [3.8, 4) is 0 Å². The number of Topliss-reactive ketones (excluding diaryl/α,β-unsaturated/α-hetero) is 1. The molecule has 5 unspecified atom stereocenters. The molecule has 55 heavy (non-hydrogen) atoms. The molecular weight excluding hydrogens is 708 g/mol. The Hall–Kier alpha value is -4.53. The number of likely N-dealkylation sites (N-methyl/N-ethyl adjacent to an activating group) is 1. The summed E-state index contributed by atoms with van der Waals surface area (Å²) in [5.41, 5.74) is -0.0394. The molecule has 306 valence electrons. The molecule has 15 heteroatoms. The fourth-order valence-corrected chi connectivity index (χ4v) is 6.95. The SMILES string of the molecule is CCCC(NC(=O)C1CC(OC(C)(C)C)CN1C(=O)C(NC(=O)OCC(C)C)C1CCCCC1)C(=O)C(=O)NCC(=O)NC(C(=O)N(C)C)c1ccccc1. The highest BCUT2D eigenvalue weighted by atomic mass is 16.5. The zero-order valence-electron chi connectivity index (χ0n) is 33.8. The second-order valence-electron chi connectivity index (χ2n) is 16.1. The van der Waals surface area contributed by atoms with Gasteiger partial charge >= 0.3 is 6.09 Å². The van der Waals surface area contributed by atoms with Gasteiger partial charge in [0.2, 0.25) is 29.4 Å². The minimum atomic E-state index is -1.24. The molecule has 2 aliphatic rings. The number of ketones is 1. The number of hydrogen-bond acceptors (Lipinski definition) is 9. The maximum atomic E-state index is 14.4. The minimum absolute atomic E-state index is 0.0857. The lowest BCUT2D eigenvalue weighted by atomic mass is 9.83. The highest BCUT2D eigenvalue weighted by Crippen LogP contribution is 2.31. The molecule has 15 nitrogen and oxygen atoms in total. The monoisotopic (exact) mass is 770 g/mol. The summed E-state index contributed by atoms with van der Waals surface area (Å²) < 4.78 is 11.6. The number of nitrogens with one attached hydrogen (secondary N) is 4. The maximum Gasteiger partial charge on any atom is 0.407 e. The zero-order chi connectivity index (χ0) is 40.9. The maximum absolute atomic E-state index is 14.4. The average Bonchev–Trinajstić information content (AvgIpc) is 3.56. The van der Waals surface area contributed by atoms with Gasteiger partial charge in [0.05, 0.1) is 30.9 Å². The molecule has 0 bridgehead atoms. The lowest BCUT2D eigenvalue weighted by Gasteiger charge is -2.34. The predicted molar refractivity (Wildman–Crippen MR) is 205 cm³/mol. The van der Waals surface area contributed by atoms with Crippen molar-refractivity contribution in [1.82, 2.24) is 31.1 Å². The summed E-state index contributed by atoms with van der Waals surface area (Å²) in [6, 6.07) is 4.39. The smallest absolute Gasteiger partial charge is 0.407 e. The molecule has 1 saturated heterocycles. The Labute approximate surface area is 325 Å². The van der Waals surface area contributed by atoms with Crippen LogP contribution in [0.1, 0.15) is 105 Å². The largest absolute Gasteiger partial charge is 0.449 e. The van der Waals surface area contributed by atoms with Gasteiger partial charge in [-0.1, -0.05) is 76.8 Å². The number of likely N-dealkylation sites (tertiary alicyclic amines) is 1. The number of nitrogens with zero attached hydrogens (tertiary/aromatic N) is 2. The van der Waals surface area contributed by atoms with Gasteiger partial charge in [0.25, 0.3) is 5.91 Å². The number of alkyl carbamates (subject to hydrolysis) is 1. The van der Waals surface area contributed by atoms with E-state index < -0.39 is 77.9 Å². The van der Waals surface area contributed by atoms with E-state index in [1.807, 2.05) is 34.6 Å². The van der Waals surface area contributed by atoms with Crippen LogP contribution < -0.4 is 21.3 Å². The summed E-state index contributed by atoms with van der Waals surface area (Å²) in [5.74, 6) is -4.24. The summed E-state index contributed by atoms with van der Waals surface area (Å²) in [6.45, 7) is 10.9. The van der Waals surface area contributed by atoms with E-state index in [1.165, 1.54) is 9.80 Å². The van der Waals surface area contributed by atoms with Crippen molar-refractivity contribution in [2.75, 3.05) is 33.8 Å². The molecule has 2 fully saturated rings. The van der Waals surface area contributed by atoms with Gasteiger partial charge in [0.15, 0.2) is 0 Å². The van der Waals surface area contributed by atoms with Crippen LogP contribution in [0.4, 0.5) is 4.79 Å². The molecule has 0 aromatic heterocycles. The second-order valence-corrected chi connectivity index (χ2v) is 16.1. The molecular formula is C40H62N6O9. The minimum Gasteiger partial charge on any atom is -0.449 e. The third-order valence-corrected chi connectivity index (χ3v) is 9.55. The molecule has 6 amide bonds. The number of carbonyl (C=O) groups is 7. The van der Waals surface area contributed by atoms with Crippen LogP contribution in [-0.4, -0.2) is 115 Å². The number of ether oxygens (including phenoxy) is 2. The zero-order valence-corrected chi connectivity index (χ0v) is 33.8. The van der Waals surface area contributed by atoms with Gasteiger partial charge in [-0.3, -0.25) is 28.8 Å². The quantitative estimate of drug-likeness (QED) is 0.173. The molecule has 0 spiro atoms. The lowest BCUT2D eigenvalue weighted by Crippen LogP contribution is -2.58. The number of carbonyl (C=O) groups excluding carboxylic acids is 7. The van der Waals surface area contributed by atoms with Crippen molar-refractivity contribution in [2.45, 2.75) is 129 Å². The first-order valence-electron chi connectivity index (χ1n) is 19.5. The van der Waals surface area contributed by atoms with Crippen LogP contribution in [0.3, 0.4) is 0 Å². The summed E-state index contributed by atoms with van der Waals surface area (Å²) >= 11 is 0. The van der Waals surface area contributed by atoms with Crippen LogP contribution in [0, 0.1) is 11.8 Å². The first kappa shape index (κ1) is 44.9.